The van der Waals surface area contributed by atoms with Crippen molar-refractivity contribution < 1.29 is 26.2 Å². The number of fused-ring (bicyclic) bond motifs is 2. The summed E-state index contributed by atoms with van der Waals surface area (Å²) < 4.78 is 0. The minimum absolute atomic E-state index is 0. The van der Waals surface area contributed by atoms with Gasteiger partial charge in [-0.3, -0.25) is 0 Å². The van der Waals surface area contributed by atoms with Crippen LogP contribution in [0.4, 0.5) is 0 Å². The molecule has 0 amide bonds. The molecule has 0 heterocycles. The van der Waals surface area contributed by atoms with Crippen LogP contribution in [0.3, 0.4) is 0 Å². The van der Waals surface area contributed by atoms with Crippen molar-refractivity contribution in [3.05, 3.63) is 125 Å². The number of benzene rings is 3. The van der Waals surface area contributed by atoms with Crippen molar-refractivity contribution in [3.63, 3.8) is 0 Å². The molecule has 5 rings (SSSR count). The minimum atomic E-state index is 0. The van der Waals surface area contributed by atoms with Gasteiger partial charge in [-0.05, 0) is 23.7 Å². The van der Waals surface area contributed by atoms with E-state index in [-0.39, 0.29) is 26.2 Å². The third kappa shape index (κ3) is 11.1. The van der Waals surface area contributed by atoms with Crippen molar-refractivity contribution in [1.82, 2.24) is 0 Å². The fourth-order valence-electron chi connectivity index (χ4n) is 5.23. The van der Waals surface area contributed by atoms with Crippen molar-refractivity contribution >= 4 is 37.1 Å². The van der Waals surface area contributed by atoms with E-state index in [1.807, 2.05) is 30.3 Å². The van der Waals surface area contributed by atoms with Gasteiger partial charge in [-0.2, -0.15) is 42.4 Å². The standard InChI is InChI=1S/2C16H21.C7H7Si.C2H5.Zr/c2*1-10(2)13-8-14-6-12(5)7-16(14)15(9-13)11(3)4;8-6-7-4-2-1-3-5-7;1-2;/h2*6-11H,1-5H3;1-5H,8H2;1H2,2H3;/q4*-1;+4. The van der Waals surface area contributed by atoms with E-state index in [1.165, 1.54) is 60.5 Å². The van der Waals surface area contributed by atoms with Crippen LogP contribution in [0.15, 0.2) is 78.9 Å². The monoisotopic (exact) mass is 664 g/mol. The van der Waals surface area contributed by atoms with Crippen molar-refractivity contribution in [3.8, 4) is 0 Å². The van der Waals surface area contributed by atoms with Gasteiger partial charge in [0.25, 0.3) is 0 Å². The van der Waals surface area contributed by atoms with Gasteiger partial charge >= 0.3 is 26.2 Å². The summed E-state index contributed by atoms with van der Waals surface area (Å²) in [5, 5.41) is 5.70. The molecular formula is C41H54SiZr. The predicted molar refractivity (Wildman–Crippen MR) is 195 cm³/mol. The second kappa shape index (κ2) is 18.6. The molecule has 0 saturated heterocycles. The Kier molecular flexibility index (Phi) is 16.8. The largest absolute Gasteiger partial charge is 4.00 e. The molecule has 0 nitrogen and oxygen atoms in total. The maximum absolute atomic E-state index is 3.25. The predicted octanol–water partition coefficient (Wildman–Crippen LogP) is 11.4. The number of hydrogen-bond donors (Lipinski definition) is 0. The van der Waals surface area contributed by atoms with Crippen LogP contribution in [0.5, 0.6) is 0 Å². The quantitative estimate of drug-likeness (QED) is 0.129. The van der Waals surface area contributed by atoms with Gasteiger partial charge in [0.1, 0.15) is 0 Å². The zero-order chi connectivity index (χ0) is 31.6. The summed E-state index contributed by atoms with van der Waals surface area (Å²) in [4.78, 5) is 0. The van der Waals surface area contributed by atoms with E-state index in [9.17, 15) is 0 Å². The van der Waals surface area contributed by atoms with Gasteiger partial charge in [-0.1, -0.05) is 120 Å². The van der Waals surface area contributed by atoms with E-state index >= 15 is 0 Å². The number of aryl methyl sites for hydroxylation is 2. The molecule has 0 aromatic heterocycles. The van der Waals surface area contributed by atoms with Crippen LogP contribution in [0.25, 0.3) is 21.5 Å². The summed E-state index contributed by atoms with van der Waals surface area (Å²) in [7, 11) is 1.73. The first-order valence-electron chi connectivity index (χ1n) is 15.6. The Morgan fingerprint density at radius 3 is 1.23 bits per heavy atom. The first-order chi connectivity index (χ1) is 19.9. The Balaban J connectivity index is 0.000000325. The Labute approximate surface area is 286 Å². The molecule has 0 fully saturated rings. The van der Waals surface area contributed by atoms with E-state index in [0.717, 1.165) is 0 Å². The normalized spacial score (nSPS) is 10.6. The molecule has 0 N–H and O–H groups in total. The molecule has 0 bridgehead atoms. The van der Waals surface area contributed by atoms with Crippen LogP contribution in [0, 0.1) is 20.8 Å². The molecule has 0 atom stereocenters. The third-order valence-electron chi connectivity index (χ3n) is 7.60. The smallest absolute Gasteiger partial charge is 0.346 e. The molecule has 0 aliphatic carbocycles. The molecule has 226 valence electrons. The van der Waals surface area contributed by atoms with Crippen LogP contribution < -0.4 is 0 Å². The molecule has 2 heteroatoms. The maximum atomic E-state index is 3.25. The van der Waals surface area contributed by atoms with Gasteiger partial charge in [-0.25, -0.2) is 0 Å². The van der Waals surface area contributed by atoms with E-state index < -0.39 is 0 Å². The summed E-state index contributed by atoms with van der Waals surface area (Å²) in [5.74, 6) is 2.42. The van der Waals surface area contributed by atoms with Crippen LogP contribution in [-0.2, 0) is 26.2 Å². The summed E-state index contributed by atoms with van der Waals surface area (Å²) in [6.45, 7) is 27.5. The zero-order valence-electron chi connectivity index (χ0n) is 28.7. The fourth-order valence-corrected chi connectivity index (χ4v) is 5.46. The van der Waals surface area contributed by atoms with Crippen molar-refractivity contribution in [2.24, 2.45) is 0 Å². The van der Waals surface area contributed by atoms with E-state index in [1.54, 1.807) is 16.8 Å². The molecule has 5 aromatic carbocycles. The van der Waals surface area contributed by atoms with Crippen LogP contribution in [0.1, 0.15) is 125 Å². The second-order valence-electron chi connectivity index (χ2n) is 12.5. The SMILES string of the molecule is Cc1cc2c(C(C)C)cc(C(C)C)cc2[cH-]1.Cc1cc2c(C(C)C)cc(C(C)C)cc2[cH-]1.[CH2-]C.[SiH2]=[C-]c1ccccc1.[Zr+4]. The van der Waals surface area contributed by atoms with Gasteiger partial charge in [0.15, 0.2) is 0 Å². The van der Waals surface area contributed by atoms with E-state index in [4.69, 9.17) is 0 Å². The van der Waals surface area contributed by atoms with Gasteiger partial charge in [0.2, 0.25) is 0 Å². The molecule has 0 unspecified atom stereocenters. The van der Waals surface area contributed by atoms with Crippen molar-refractivity contribution in [1.29, 1.82) is 0 Å². The topological polar surface area (TPSA) is 0 Å². The molecule has 0 saturated carbocycles. The Hall–Kier alpha value is -2.15. The van der Waals surface area contributed by atoms with Gasteiger partial charge < -0.3 is 6.92 Å². The van der Waals surface area contributed by atoms with E-state index in [0.29, 0.717) is 23.7 Å². The van der Waals surface area contributed by atoms with E-state index in [2.05, 4.69) is 130 Å². The molecular weight excluding hydrogens is 612 g/mol. The van der Waals surface area contributed by atoms with Gasteiger partial charge in [-0.15, -0.1) is 69.1 Å². The summed E-state index contributed by atoms with van der Waals surface area (Å²) in [5.41, 5.74) is 12.9. The van der Waals surface area contributed by atoms with Crippen LogP contribution in [0.2, 0.25) is 0 Å². The average molecular weight is 666 g/mol. The molecule has 0 aliphatic rings. The maximum Gasteiger partial charge on any atom is 4.00 e. The van der Waals surface area contributed by atoms with Crippen molar-refractivity contribution in [2.75, 3.05) is 0 Å². The first kappa shape index (κ1) is 38.9. The first-order valence-corrected chi connectivity index (χ1v) is 16.3. The van der Waals surface area contributed by atoms with Crippen LogP contribution >= 0.6 is 0 Å². The average Bonchev–Trinajstić information content (AvgIpc) is 3.54. The summed E-state index contributed by atoms with van der Waals surface area (Å²) in [6.07, 6.45) is 0. The summed E-state index contributed by atoms with van der Waals surface area (Å²) in [6, 6.07) is 28.8. The Morgan fingerprint density at radius 2 is 0.953 bits per heavy atom. The Bertz CT molecular complexity index is 1430. The summed E-state index contributed by atoms with van der Waals surface area (Å²) >= 11 is 0. The number of hydrogen-bond acceptors (Lipinski definition) is 0. The van der Waals surface area contributed by atoms with Crippen molar-refractivity contribution in [2.45, 2.75) is 99.8 Å². The Morgan fingerprint density at radius 1 is 0.581 bits per heavy atom. The molecule has 0 aliphatic heterocycles. The van der Waals surface area contributed by atoms with Gasteiger partial charge in [0.05, 0.1) is 0 Å². The number of rotatable bonds is 5. The molecule has 0 spiro atoms. The minimum Gasteiger partial charge on any atom is -0.346 e. The molecule has 0 radical (unpaired) electrons. The zero-order valence-corrected chi connectivity index (χ0v) is 32.6. The molecule has 5 aromatic rings. The second-order valence-corrected chi connectivity index (χ2v) is 12.8. The fraction of sp³-hybridized carbons (Fsp3) is 0.366. The molecule has 43 heavy (non-hydrogen) atoms. The third-order valence-corrected chi connectivity index (χ3v) is 8.01. The van der Waals surface area contributed by atoms with Gasteiger partial charge in [0, 0.05) is 0 Å². The van der Waals surface area contributed by atoms with Crippen LogP contribution in [-0.4, -0.2) is 15.5 Å².